The SMILES string of the molecule is CC1(C)CCC(=O)Nc2cc(Nc3ncc4ccc(-c5cccc(CN[SH](=O)=O)c5)n4n3)ccc21. The molecule has 180 valence electrons. The number of benzene rings is 2. The second kappa shape index (κ2) is 9.12. The molecule has 0 atom stereocenters. The van der Waals surface area contributed by atoms with Crippen molar-refractivity contribution in [3.63, 3.8) is 0 Å². The second-order valence-electron chi connectivity index (χ2n) is 9.25. The predicted molar refractivity (Wildman–Crippen MR) is 136 cm³/mol. The van der Waals surface area contributed by atoms with Crippen LogP contribution < -0.4 is 15.4 Å². The molecule has 2 aromatic carbocycles. The third-order valence-corrected chi connectivity index (χ3v) is 6.71. The number of carbonyl (C=O) groups is 1. The van der Waals surface area contributed by atoms with Crippen LogP contribution in [0.15, 0.2) is 60.8 Å². The first-order chi connectivity index (χ1) is 16.8. The average molecular weight is 491 g/mol. The summed E-state index contributed by atoms with van der Waals surface area (Å²) in [6.07, 6.45) is 3.02. The van der Waals surface area contributed by atoms with Crippen LogP contribution >= 0.6 is 0 Å². The Kier molecular flexibility index (Phi) is 6.00. The molecule has 3 heterocycles. The molecule has 10 heteroatoms. The van der Waals surface area contributed by atoms with Gasteiger partial charge in [-0.05, 0) is 53.3 Å². The molecule has 3 N–H and O–H groups in total. The number of aromatic nitrogens is 3. The molecule has 0 radical (unpaired) electrons. The van der Waals surface area contributed by atoms with Crippen LogP contribution in [0.1, 0.15) is 37.8 Å². The van der Waals surface area contributed by atoms with Crippen molar-refractivity contribution in [3.05, 3.63) is 71.9 Å². The van der Waals surface area contributed by atoms with Crippen molar-refractivity contribution in [1.29, 1.82) is 0 Å². The maximum atomic E-state index is 12.2. The number of amides is 1. The van der Waals surface area contributed by atoms with Crippen molar-refractivity contribution in [1.82, 2.24) is 19.3 Å². The number of anilines is 3. The van der Waals surface area contributed by atoms with Crippen LogP contribution in [0, 0.1) is 0 Å². The van der Waals surface area contributed by atoms with Crippen molar-refractivity contribution in [2.45, 2.75) is 38.6 Å². The number of hydrogen-bond donors (Lipinski definition) is 4. The summed E-state index contributed by atoms with van der Waals surface area (Å²) in [7, 11) is -2.66. The van der Waals surface area contributed by atoms with Gasteiger partial charge >= 0.3 is 0 Å². The molecule has 0 saturated heterocycles. The monoisotopic (exact) mass is 490 g/mol. The first kappa shape index (κ1) is 23.0. The van der Waals surface area contributed by atoms with E-state index in [2.05, 4.69) is 39.3 Å². The van der Waals surface area contributed by atoms with E-state index in [1.54, 1.807) is 10.7 Å². The van der Waals surface area contributed by atoms with Gasteiger partial charge in [0.1, 0.15) is 0 Å². The van der Waals surface area contributed by atoms with E-state index in [1.165, 1.54) is 0 Å². The van der Waals surface area contributed by atoms with E-state index >= 15 is 0 Å². The summed E-state index contributed by atoms with van der Waals surface area (Å²) in [6.45, 7) is 4.52. The molecule has 5 rings (SSSR count). The molecule has 0 spiro atoms. The predicted octanol–water partition coefficient (Wildman–Crippen LogP) is 3.77. The lowest BCUT2D eigenvalue weighted by Gasteiger charge is -2.24. The van der Waals surface area contributed by atoms with E-state index < -0.39 is 10.9 Å². The fraction of sp³-hybridized carbons (Fsp3) is 0.240. The lowest BCUT2D eigenvalue weighted by molar-refractivity contribution is -0.116. The topological polar surface area (TPSA) is 117 Å². The number of thiol groups is 1. The van der Waals surface area contributed by atoms with E-state index in [4.69, 9.17) is 0 Å². The molecule has 35 heavy (non-hydrogen) atoms. The van der Waals surface area contributed by atoms with E-state index in [0.717, 1.165) is 45.7 Å². The molecule has 4 aromatic rings. The highest BCUT2D eigenvalue weighted by molar-refractivity contribution is 7.70. The van der Waals surface area contributed by atoms with Gasteiger partial charge in [0.15, 0.2) is 0 Å². The Bertz CT molecular complexity index is 1500. The number of carbonyl (C=O) groups excluding carboxylic acids is 1. The van der Waals surface area contributed by atoms with E-state index in [9.17, 15) is 13.2 Å². The lowest BCUT2D eigenvalue weighted by atomic mass is 9.80. The van der Waals surface area contributed by atoms with Crippen LogP contribution in [0.2, 0.25) is 0 Å². The minimum atomic E-state index is -2.66. The number of fused-ring (bicyclic) bond motifs is 2. The van der Waals surface area contributed by atoms with Gasteiger partial charge in [-0.2, -0.15) is 0 Å². The van der Waals surface area contributed by atoms with Crippen LogP contribution in [0.4, 0.5) is 17.3 Å². The van der Waals surface area contributed by atoms with Gasteiger partial charge in [-0.15, -0.1) is 5.10 Å². The van der Waals surface area contributed by atoms with E-state index in [1.807, 2.05) is 54.6 Å². The summed E-state index contributed by atoms with van der Waals surface area (Å²) in [5, 5.41) is 10.9. The summed E-state index contributed by atoms with van der Waals surface area (Å²) in [5.74, 6) is 0.429. The van der Waals surface area contributed by atoms with Crippen molar-refractivity contribution < 1.29 is 13.2 Å². The van der Waals surface area contributed by atoms with Crippen molar-refractivity contribution in [3.8, 4) is 11.3 Å². The largest absolute Gasteiger partial charge is 0.326 e. The maximum Gasteiger partial charge on any atom is 0.245 e. The van der Waals surface area contributed by atoms with Gasteiger partial charge in [0.05, 0.1) is 17.4 Å². The molecule has 1 aliphatic heterocycles. The average Bonchev–Trinajstić information content (AvgIpc) is 3.20. The Morgan fingerprint density at radius 2 is 1.97 bits per heavy atom. The van der Waals surface area contributed by atoms with Crippen LogP contribution in [-0.2, 0) is 27.6 Å². The first-order valence-corrected chi connectivity index (χ1v) is 12.5. The zero-order chi connectivity index (χ0) is 24.6. The Labute approximate surface area is 204 Å². The van der Waals surface area contributed by atoms with Crippen molar-refractivity contribution in [2.75, 3.05) is 10.6 Å². The number of hydrogen-bond acceptors (Lipinski definition) is 6. The van der Waals surface area contributed by atoms with Gasteiger partial charge in [-0.25, -0.2) is 22.6 Å². The number of rotatable bonds is 6. The zero-order valence-corrected chi connectivity index (χ0v) is 20.3. The Balaban J connectivity index is 1.45. The third-order valence-electron chi connectivity index (χ3n) is 6.29. The van der Waals surface area contributed by atoms with E-state index in [-0.39, 0.29) is 17.9 Å². The zero-order valence-electron chi connectivity index (χ0n) is 19.4. The highest BCUT2D eigenvalue weighted by Gasteiger charge is 2.28. The smallest absolute Gasteiger partial charge is 0.245 e. The Morgan fingerprint density at radius 1 is 1.11 bits per heavy atom. The highest BCUT2D eigenvalue weighted by Crippen LogP contribution is 2.38. The number of nitrogens with zero attached hydrogens (tertiary/aromatic N) is 3. The maximum absolute atomic E-state index is 12.2. The molecule has 0 unspecified atom stereocenters. The molecule has 1 amide bonds. The van der Waals surface area contributed by atoms with Crippen LogP contribution in [-0.4, -0.2) is 28.9 Å². The Hall–Kier alpha value is -3.76. The molecule has 1 aliphatic rings. The van der Waals surface area contributed by atoms with Crippen molar-refractivity contribution >= 4 is 39.6 Å². The van der Waals surface area contributed by atoms with Gasteiger partial charge in [0.2, 0.25) is 22.7 Å². The summed E-state index contributed by atoms with van der Waals surface area (Å²) in [4.78, 5) is 16.6. The van der Waals surface area contributed by atoms with Gasteiger partial charge in [-0.3, -0.25) is 4.79 Å². The van der Waals surface area contributed by atoms with Gasteiger partial charge in [0, 0.05) is 29.9 Å². The summed E-state index contributed by atoms with van der Waals surface area (Å²) in [5.41, 5.74) is 6.01. The highest BCUT2D eigenvalue weighted by atomic mass is 32.2. The Morgan fingerprint density at radius 3 is 2.80 bits per heavy atom. The van der Waals surface area contributed by atoms with Gasteiger partial charge in [0.25, 0.3) is 0 Å². The molecule has 9 nitrogen and oxygen atoms in total. The van der Waals surface area contributed by atoms with Crippen molar-refractivity contribution in [2.24, 2.45) is 0 Å². The fourth-order valence-corrected chi connectivity index (χ4v) is 4.70. The van der Waals surface area contributed by atoms with Crippen LogP contribution in [0.3, 0.4) is 0 Å². The summed E-state index contributed by atoms with van der Waals surface area (Å²) >= 11 is 0. The normalized spacial score (nSPS) is 15.0. The fourth-order valence-electron chi connectivity index (χ4n) is 4.39. The minimum absolute atomic E-state index is 0.0168. The molecule has 0 aliphatic carbocycles. The molecule has 0 bridgehead atoms. The van der Waals surface area contributed by atoms with Gasteiger partial charge < -0.3 is 10.6 Å². The number of nitrogens with one attached hydrogen (secondary N) is 3. The molecular weight excluding hydrogens is 464 g/mol. The summed E-state index contributed by atoms with van der Waals surface area (Å²) < 4.78 is 26.0. The van der Waals surface area contributed by atoms with Crippen LogP contribution in [0.5, 0.6) is 0 Å². The molecular formula is C25H26N6O3S. The molecule has 0 saturated carbocycles. The molecule has 0 fully saturated rings. The third kappa shape index (κ3) is 4.89. The standard InChI is InChI=1S/C25H26N6O3S/c1-25(2)11-10-23(32)29-21-13-18(6-8-20(21)25)28-24-26-15-19-7-9-22(31(19)30-24)17-5-3-4-16(12-17)14-27-35(33)34/h3-9,12-13,15,35H,10-11,14H2,1-2H3,(H,28,30)(H,29,32)(H,27,33,34). The van der Waals surface area contributed by atoms with E-state index in [0.29, 0.717) is 12.4 Å². The lowest BCUT2D eigenvalue weighted by Crippen LogP contribution is -2.16. The first-order valence-electron chi connectivity index (χ1n) is 11.3. The second-order valence-corrected chi connectivity index (χ2v) is 10.1. The minimum Gasteiger partial charge on any atom is -0.326 e. The van der Waals surface area contributed by atoms with Crippen LogP contribution in [0.25, 0.3) is 16.8 Å². The molecule has 2 aromatic heterocycles. The summed E-state index contributed by atoms with van der Waals surface area (Å²) in [6, 6.07) is 17.4. The van der Waals surface area contributed by atoms with Gasteiger partial charge in [-0.1, -0.05) is 38.1 Å². The quantitative estimate of drug-likeness (QED) is 0.306.